The van der Waals surface area contributed by atoms with E-state index in [4.69, 9.17) is 17.0 Å². The van der Waals surface area contributed by atoms with Crippen molar-refractivity contribution in [2.24, 2.45) is 5.10 Å². The zero-order valence-corrected chi connectivity index (χ0v) is 13.9. The molecule has 0 aliphatic carbocycles. The Bertz CT molecular complexity index is 469. The van der Waals surface area contributed by atoms with Crippen LogP contribution in [0, 0.1) is 6.92 Å². The van der Waals surface area contributed by atoms with Gasteiger partial charge >= 0.3 is 0 Å². The number of ether oxygens (including phenoxy) is 1. The van der Waals surface area contributed by atoms with Crippen LogP contribution in [-0.4, -0.2) is 55.6 Å². The highest BCUT2D eigenvalue weighted by molar-refractivity contribution is 7.80. The van der Waals surface area contributed by atoms with Crippen LogP contribution in [0.3, 0.4) is 0 Å². The quantitative estimate of drug-likeness (QED) is 0.360. The molecule has 0 bridgehead atoms. The Balaban J connectivity index is 1.55. The van der Waals surface area contributed by atoms with Crippen LogP contribution in [0.25, 0.3) is 0 Å². The first kappa shape index (κ1) is 16.4. The normalized spacial score (nSPS) is 16.2. The molecular formula is C14H22N4OS2. The number of nitrogens with one attached hydrogen (secondary N) is 2. The molecule has 1 aromatic rings. The van der Waals surface area contributed by atoms with Crippen LogP contribution in [0.15, 0.2) is 16.5 Å². The maximum Gasteiger partial charge on any atom is 0.186 e. The minimum Gasteiger partial charge on any atom is -0.379 e. The molecule has 0 saturated carbocycles. The second-order valence-corrected chi connectivity index (χ2v) is 6.26. The highest BCUT2D eigenvalue weighted by Gasteiger charge is 2.08. The molecule has 21 heavy (non-hydrogen) atoms. The van der Waals surface area contributed by atoms with Gasteiger partial charge in [-0.15, -0.1) is 11.3 Å². The number of rotatable bonds is 6. The lowest BCUT2D eigenvalue weighted by Crippen LogP contribution is -2.39. The Hall–Kier alpha value is -1.02. The molecule has 116 valence electrons. The molecule has 0 atom stereocenters. The van der Waals surface area contributed by atoms with Crippen LogP contribution >= 0.6 is 23.6 Å². The molecule has 0 unspecified atom stereocenters. The molecule has 1 aliphatic rings. The van der Waals surface area contributed by atoms with E-state index < -0.39 is 0 Å². The molecule has 0 aromatic carbocycles. The minimum absolute atomic E-state index is 0.572. The van der Waals surface area contributed by atoms with Crippen LogP contribution in [0.2, 0.25) is 0 Å². The maximum absolute atomic E-state index is 5.32. The molecular weight excluding hydrogens is 304 g/mol. The van der Waals surface area contributed by atoms with Crippen molar-refractivity contribution in [3.8, 4) is 0 Å². The van der Waals surface area contributed by atoms with Crippen molar-refractivity contribution in [1.82, 2.24) is 15.6 Å². The van der Waals surface area contributed by atoms with E-state index in [9.17, 15) is 0 Å². The SMILES string of the molecule is Cc1ccsc1/C=N/NC(=S)NCCCN1CCOCC1. The summed E-state index contributed by atoms with van der Waals surface area (Å²) in [6.45, 7) is 7.78. The Morgan fingerprint density at radius 1 is 1.52 bits per heavy atom. The average Bonchev–Trinajstić information content (AvgIpc) is 2.90. The summed E-state index contributed by atoms with van der Waals surface area (Å²) in [5.74, 6) is 0. The number of hydrazone groups is 1. The molecule has 0 amide bonds. The van der Waals surface area contributed by atoms with Gasteiger partial charge in [0.2, 0.25) is 0 Å². The van der Waals surface area contributed by atoms with Crippen molar-refractivity contribution in [3.05, 3.63) is 21.9 Å². The number of hydrogen-bond donors (Lipinski definition) is 2. The van der Waals surface area contributed by atoms with Crippen molar-refractivity contribution in [2.45, 2.75) is 13.3 Å². The molecule has 7 heteroatoms. The molecule has 2 heterocycles. The number of morpholine rings is 1. The molecule has 1 fully saturated rings. The number of hydrogen-bond acceptors (Lipinski definition) is 5. The van der Waals surface area contributed by atoms with Gasteiger partial charge in [0.1, 0.15) is 0 Å². The fraction of sp³-hybridized carbons (Fsp3) is 0.571. The second kappa shape index (κ2) is 9.09. The van der Waals surface area contributed by atoms with Crippen molar-refractivity contribution < 1.29 is 4.74 Å². The predicted molar refractivity (Wildman–Crippen MR) is 92.3 cm³/mol. The molecule has 0 spiro atoms. The van der Waals surface area contributed by atoms with E-state index in [1.165, 1.54) is 5.56 Å². The highest BCUT2D eigenvalue weighted by Crippen LogP contribution is 2.12. The number of thiocarbonyl (C=S) groups is 1. The number of nitrogens with zero attached hydrogens (tertiary/aromatic N) is 2. The van der Waals surface area contributed by atoms with Gasteiger partial charge in [0.15, 0.2) is 5.11 Å². The van der Waals surface area contributed by atoms with E-state index in [2.05, 4.69) is 39.1 Å². The Kier molecular flexibility index (Phi) is 7.08. The van der Waals surface area contributed by atoms with Gasteiger partial charge in [-0.1, -0.05) is 0 Å². The summed E-state index contributed by atoms with van der Waals surface area (Å²) in [5.41, 5.74) is 4.08. The van der Waals surface area contributed by atoms with Gasteiger partial charge in [-0.3, -0.25) is 10.3 Å². The lowest BCUT2D eigenvalue weighted by atomic mass is 10.3. The summed E-state index contributed by atoms with van der Waals surface area (Å²) in [4.78, 5) is 3.57. The highest BCUT2D eigenvalue weighted by atomic mass is 32.1. The predicted octanol–water partition coefficient (Wildman–Crippen LogP) is 1.58. The second-order valence-electron chi connectivity index (χ2n) is 4.90. The first-order valence-corrected chi connectivity index (χ1v) is 8.45. The third-order valence-corrected chi connectivity index (χ3v) is 4.48. The van der Waals surface area contributed by atoms with Crippen LogP contribution in [0.1, 0.15) is 16.9 Å². The van der Waals surface area contributed by atoms with Gasteiger partial charge < -0.3 is 10.1 Å². The van der Waals surface area contributed by atoms with Crippen LogP contribution in [0.4, 0.5) is 0 Å². The van der Waals surface area contributed by atoms with E-state index in [-0.39, 0.29) is 0 Å². The monoisotopic (exact) mass is 326 g/mol. The van der Waals surface area contributed by atoms with Gasteiger partial charge in [-0.25, -0.2) is 0 Å². The van der Waals surface area contributed by atoms with Gasteiger partial charge in [0, 0.05) is 24.5 Å². The Morgan fingerprint density at radius 2 is 2.33 bits per heavy atom. The molecule has 5 nitrogen and oxygen atoms in total. The third kappa shape index (κ3) is 6.09. The van der Waals surface area contributed by atoms with Gasteiger partial charge in [-0.2, -0.15) is 5.10 Å². The lowest BCUT2D eigenvalue weighted by molar-refractivity contribution is 0.0376. The van der Waals surface area contributed by atoms with Crippen LogP contribution < -0.4 is 10.7 Å². The first-order valence-electron chi connectivity index (χ1n) is 7.17. The standard InChI is InChI=1S/C14H22N4OS2/c1-12-3-10-21-13(12)11-16-17-14(20)15-4-2-5-18-6-8-19-9-7-18/h3,10-11H,2,4-9H2,1H3,(H2,15,17,20)/b16-11+. The molecule has 0 radical (unpaired) electrons. The first-order chi connectivity index (χ1) is 10.3. The van der Waals surface area contributed by atoms with E-state index >= 15 is 0 Å². The van der Waals surface area contributed by atoms with Crippen LogP contribution in [-0.2, 0) is 4.74 Å². The zero-order chi connectivity index (χ0) is 14.9. The molecule has 2 rings (SSSR count). The molecule has 1 aromatic heterocycles. The fourth-order valence-corrected chi connectivity index (χ4v) is 2.98. The smallest absolute Gasteiger partial charge is 0.186 e. The molecule has 1 aliphatic heterocycles. The van der Waals surface area contributed by atoms with Crippen molar-refractivity contribution >= 4 is 34.9 Å². The summed E-state index contributed by atoms with van der Waals surface area (Å²) >= 11 is 6.86. The van der Waals surface area contributed by atoms with E-state index in [1.54, 1.807) is 11.3 Å². The van der Waals surface area contributed by atoms with Crippen molar-refractivity contribution in [1.29, 1.82) is 0 Å². The van der Waals surface area contributed by atoms with Gasteiger partial charge in [0.05, 0.1) is 19.4 Å². The lowest BCUT2D eigenvalue weighted by Gasteiger charge is -2.26. The van der Waals surface area contributed by atoms with Crippen LogP contribution in [0.5, 0.6) is 0 Å². The third-order valence-electron chi connectivity index (χ3n) is 3.29. The summed E-state index contributed by atoms with van der Waals surface area (Å²) in [5, 5.41) is 9.94. The topological polar surface area (TPSA) is 48.9 Å². The van der Waals surface area contributed by atoms with Crippen molar-refractivity contribution in [3.63, 3.8) is 0 Å². The zero-order valence-electron chi connectivity index (χ0n) is 12.3. The summed E-state index contributed by atoms with van der Waals surface area (Å²) in [7, 11) is 0. The summed E-state index contributed by atoms with van der Waals surface area (Å²) in [6, 6.07) is 2.08. The van der Waals surface area contributed by atoms with E-state index in [0.717, 1.165) is 50.7 Å². The Morgan fingerprint density at radius 3 is 3.05 bits per heavy atom. The number of thiophene rings is 1. The van der Waals surface area contributed by atoms with E-state index in [0.29, 0.717) is 5.11 Å². The minimum atomic E-state index is 0.572. The maximum atomic E-state index is 5.32. The Labute approximate surface area is 135 Å². The summed E-state index contributed by atoms with van der Waals surface area (Å²) < 4.78 is 5.32. The van der Waals surface area contributed by atoms with Crippen molar-refractivity contribution in [2.75, 3.05) is 39.4 Å². The van der Waals surface area contributed by atoms with Gasteiger partial charge in [-0.05, 0) is 49.1 Å². The molecule has 2 N–H and O–H groups in total. The average molecular weight is 326 g/mol. The fourth-order valence-electron chi connectivity index (χ4n) is 2.04. The summed E-state index contributed by atoms with van der Waals surface area (Å²) in [6.07, 6.45) is 2.87. The van der Waals surface area contributed by atoms with E-state index in [1.807, 2.05) is 6.21 Å². The number of aryl methyl sites for hydroxylation is 1. The molecule has 1 saturated heterocycles. The van der Waals surface area contributed by atoms with Gasteiger partial charge in [0.25, 0.3) is 0 Å². The largest absolute Gasteiger partial charge is 0.379 e.